The molecule has 1 saturated heterocycles. The van der Waals surface area contributed by atoms with E-state index in [4.69, 9.17) is 0 Å². The SMILES string of the molecule is CNc1cc(C2CCN(C)CC2)nn2ccnc12. The van der Waals surface area contributed by atoms with Crippen molar-refractivity contribution in [2.24, 2.45) is 0 Å². The molecule has 0 unspecified atom stereocenters. The van der Waals surface area contributed by atoms with E-state index < -0.39 is 0 Å². The van der Waals surface area contributed by atoms with Crippen molar-refractivity contribution in [1.82, 2.24) is 19.5 Å². The topological polar surface area (TPSA) is 45.5 Å². The normalized spacial score (nSPS) is 18.3. The van der Waals surface area contributed by atoms with Gasteiger partial charge in [0.15, 0.2) is 5.65 Å². The van der Waals surface area contributed by atoms with Crippen molar-refractivity contribution in [2.75, 3.05) is 32.5 Å². The van der Waals surface area contributed by atoms with Crippen LogP contribution in [0.15, 0.2) is 18.5 Å². The molecule has 0 atom stereocenters. The van der Waals surface area contributed by atoms with Crippen LogP contribution in [0.5, 0.6) is 0 Å². The molecule has 3 heterocycles. The van der Waals surface area contributed by atoms with Gasteiger partial charge in [0, 0.05) is 25.4 Å². The average molecular weight is 245 g/mol. The summed E-state index contributed by atoms with van der Waals surface area (Å²) in [6, 6.07) is 2.15. The van der Waals surface area contributed by atoms with Gasteiger partial charge in [-0.1, -0.05) is 0 Å². The Labute approximate surface area is 107 Å². The van der Waals surface area contributed by atoms with Gasteiger partial charge < -0.3 is 10.2 Å². The van der Waals surface area contributed by atoms with Crippen LogP contribution in [0.2, 0.25) is 0 Å². The summed E-state index contributed by atoms with van der Waals surface area (Å²) in [5.74, 6) is 0.570. The number of piperidine rings is 1. The lowest BCUT2D eigenvalue weighted by atomic mass is 9.93. The van der Waals surface area contributed by atoms with Crippen molar-refractivity contribution in [3.63, 3.8) is 0 Å². The van der Waals surface area contributed by atoms with Gasteiger partial charge in [-0.15, -0.1) is 0 Å². The molecular formula is C13H19N5. The predicted octanol–water partition coefficient (Wildman–Crippen LogP) is 1.58. The molecule has 0 aromatic carbocycles. The number of hydrogen-bond donors (Lipinski definition) is 1. The Hall–Kier alpha value is -1.62. The Bertz CT molecular complexity index is 539. The highest BCUT2D eigenvalue weighted by molar-refractivity contribution is 5.67. The van der Waals surface area contributed by atoms with E-state index in [0.717, 1.165) is 24.4 Å². The zero-order chi connectivity index (χ0) is 12.5. The zero-order valence-electron chi connectivity index (χ0n) is 10.9. The molecular weight excluding hydrogens is 226 g/mol. The minimum absolute atomic E-state index is 0.570. The third-order valence-corrected chi connectivity index (χ3v) is 3.78. The van der Waals surface area contributed by atoms with Gasteiger partial charge in [0.2, 0.25) is 0 Å². The van der Waals surface area contributed by atoms with Crippen molar-refractivity contribution in [1.29, 1.82) is 0 Å². The lowest BCUT2D eigenvalue weighted by Gasteiger charge is -2.28. The maximum atomic E-state index is 4.69. The minimum Gasteiger partial charge on any atom is -0.385 e. The van der Waals surface area contributed by atoms with Crippen molar-refractivity contribution in [3.8, 4) is 0 Å². The lowest BCUT2D eigenvalue weighted by molar-refractivity contribution is 0.252. The third kappa shape index (κ3) is 1.95. The number of hydrogen-bond acceptors (Lipinski definition) is 4. The van der Waals surface area contributed by atoms with Crippen molar-refractivity contribution in [2.45, 2.75) is 18.8 Å². The Kier molecular flexibility index (Phi) is 2.91. The summed E-state index contributed by atoms with van der Waals surface area (Å²) in [6.45, 7) is 2.31. The average Bonchev–Trinajstić information content (AvgIpc) is 2.86. The number of rotatable bonds is 2. The molecule has 0 saturated carbocycles. The molecule has 1 fully saturated rings. The van der Waals surface area contributed by atoms with Gasteiger partial charge in [0.1, 0.15) is 0 Å². The predicted molar refractivity (Wildman–Crippen MR) is 72.0 cm³/mol. The monoisotopic (exact) mass is 245 g/mol. The van der Waals surface area contributed by atoms with Gasteiger partial charge in [-0.25, -0.2) is 9.50 Å². The first-order chi connectivity index (χ1) is 8.78. The summed E-state index contributed by atoms with van der Waals surface area (Å²) in [5, 5.41) is 7.90. The summed E-state index contributed by atoms with van der Waals surface area (Å²) in [6.07, 6.45) is 6.08. The molecule has 1 aliphatic heterocycles. The Morgan fingerprint density at radius 1 is 1.33 bits per heavy atom. The molecule has 5 heteroatoms. The van der Waals surface area contributed by atoms with Gasteiger partial charge in [0.05, 0.1) is 11.4 Å². The largest absolute Gasteiger partial charge is 0.385 e. The third-order valence-electron chi connectivity index (χ3n) is 3.78. The van der Waals surface area contributed by atoms with Crippen molar-refractivity contribution < 1.29 is 0 Å². The van der Waals surface area contributed by atoms with Gasteiger partial charge in [-0.2, -0.15) is 5.10 Å². The van der Waals surface area contributed by atoms with Gasteiger partial charge in [-0.05, 0) is 39.0 Å². The molecule has 5 nitrogen and oxygen atoms in total. The van der Waals surface area contributed by atoms with Gasteiger partial charge >= 0.3 is 0 Å². The fraction of sp³-hybridized carbons (Fsp3) is 0.538. The Morgan fingerprint density at radius 3 is 2.83 bits per heavy atom. The first-order valence-electron chi connectivity index (χ1n) is 6.48. The fourth-order valence-electron chi connectivity index (χ4n) is 2.62. The van der Waals surface area contributed by atoms with Crippen LogP contribution < -0.4 is 5.32 Å². The molecule has 2 aromatic heterocycles. The summed E-state index contributed by atoms with van der Waals surface area (Å²) < 4.78 is 1.87. The molecule has 3 rings (SSSR count). The van der Waals surface area contributed by atoms with E-state index in [-0.39, 0.29) is 0 Å². The number of nitrogens with one attached hydrogen (secondary N) is 1. The molecule has 0 aliphatic carbocycles. The highest BCUT2D eigenvalue weighted by atomic mass is 15.3. The van der Waals surface area contributed by atoms with Crippen LogP contribution >= 0.6 is 0 Å². The smallest absolute Gasteiger partial charge is 0.176 e. The second-order valence-electron chi connectivity index (χ2n) is 5.01. The van der Waals surface area contributed by atoms with Crippen LogP contribution in [0.4, 0.5) is 5.69 Å². The highest BCUT2D eigenvalue weighted by Crippen LogP contribution is 2.28. The van der Waals surface area contributed by atoms with Crippen LogP contribution in [-0.4, -0.2) is 46.7 Å². The minimum atomic E-state index is 0.570. The summed E-state index contributed by atoms with van der Waals surface area (Å²) in [4.78, 5) is 6.70. The number of anilines is 1. The first-order valence-corrected chi connectivity index (χ1v) is 6.48. The van der Waals surface area contributed by atoms with E-state index in [0.29, 0.717) is 5.92 Å². The van der Waals surface area contributed by atoms with E-state index in [9.17, 15) is 0 Å². The zero-order valence-corrected chi connectivity index (χ0v) is 10.9. The molecule has 0 radical (unpaired) electrons. The molecule has 0 bridgehead atoms. The van der Waals surface area contributed by atoms with Crippen LogP contribution in [0.25, 0.3) is 5.65 Å². The van der Waals surface area contributed by atoms with E-state index in [1.54, 1.807) is 6.20 Å². The number of nitrogens with zero attached hydrogens (tertiary/aromatic N) is 4. The molecule has 18 heavy (non-hydrogen) atoms. The lowest BCUT2D eigenvalue weighted by Crippen LogP contribution is -2.29. The van der Waals surface area contributed by atoms with Gasteiger partial charge in [0.25, 0.3) is 0 Å². The molecule has 0 amide bonds. The van der Waals surface area contributed by atoms with E-state index in [1.165, 1.54) is 18.5 Å². The standard InChI is InChI=1S/C13H19N5/c1-14-12-9-11(10-3-6-17(2)7-4-10)16-18-8-5-15-13(12)18/h5,8-10,14H,3-4,6-7H2,1-2H3. The van der Waals surface area contributed by atoms with E-state index >= 15 is 0 Å². The fourth-order valence-corrected chi connectivity index (χ4v) is 2.62. The summed E-state index contributed by atoms with van der Waals surface area (Å²) in [7, 11) is 4.12. The molecule has 0 spiro atoms. The Morgan fingerprint density at radius 2 is 2.11 bits per heavy atom. The number of imidazole rings is 1. The second kappa shape index (κ2) is 4.57. The highest BCUT2D eigenvalue weighted by Gasteiger charge is 2.21. The van der Waals surface area contributed by atoms with Crippen LogP contribution in [0.1, 0.15) is 24.5 Å². The maximum Gasteiger partial charge on any atom is 0.176 e. The van der Waals surface area contributed by atoms with Gasteiger partial charge in [-0.3, -0.25) is 0 Å². The maximum absolute atomic E-state index is 4.69. The number of fused-ring (bicyclic) bond motifs is 1. The molecule has 1 aliphatic rings. The van der Waals surface area contributed by atoms with Crippen LogP contribution in [0.3, 0.4) is 0 Å². The first kappa shape index (κ1) is 11.5. The number of aromatic nitrogens is 3. The van der Waals surface area contributed by atoms with Crippen LogP contribution in [0, 0.1) is 0 Å². The van der Waals surface area contributed by atoms with Crippen molar-refractivity contribution >= 4 is 11.3 Å². The number of likely N-dealkylation sites (tertiary alicyclic amines) is 1. The van der Waals surface area contributed by atoms with E-state index in [2.05, 4.69) is 33.4 Å². The van der Waals surface area contributed by atoms with Crippen molar-refractivity contribution in [3.05, 3.63) is 24.2 Å². The van der Waals surface area contributed by atoms with Crippen LogP contribution in [-0.2, 0) is 0 Å². The Balaban J connectivity index is 1.96. The second-order valence-corrected chi connectivity index (χ2v) is 5.01. The molecule has 1 N–H and O–H groups in total. The quantitative estimate of drug-likeness (QED) is 0.872. The van der Waals surface area contributed by atoms with E-state index in [1.807, 2.05) is 17.8 Å². The molecule has 2 aromatic rings. The molecule has 96 valence electrons. The summed E-state index contributed by atoms with van der Waals surface area (Å²) in [5.41, 5.74) is 3.14. The summed E-state index contributed by atoms with van der Waals surface area (Å²) >= 11 is 0.